The molecule has 0 N–H and O–H groups in total. The Kier molecular flexibility index (Phi) is 3.36. The largest absolute Gasteiger partial charge is 0.356 e. The van der Waals surface area contributed by atoms with Crippen LogP contribution >= 0.6 is 0 Å². The van der Waals surface area contributed by atoms with Crippen LogP contribution in [0.2, 0.25) is 0 Å². The summed E-state index contributed by atoms with van der Waals surface area (Å²) in [7, 11) is 0. The van der Waals surface area contributed by atoms with Crippen LogP contribution in [0.1, 0.15) is 18.5 Å². The first-order valence-electron chi connectivity index (χ1n) is 8.18. The zero-order valence-corrected chi connectivity index (χ0v) is 13.0. The van der Waals surface area contributed by atoms with Crippen LogP contribution in [-0.4, -0.2) is 47.0 Å². The first-order valence-corrected chi connectivity index (χ1v) is 8.18. The van der Waals surface area contributed by atoms with Gasteiger partial charge in [0.15, 0.2) is 0 Å². The summed E-state index contributed by atoms with van der Waals surface area (Å²) in [6.07, 6.45) is 7.77. The van der Waals surface area contributed by atoms with E-state index in [1.807, 2.05) is 13.0 Å². The first kappa shape index (κ1) is 13.7. The molecule has 116 valence electrons. The Morgan fingerprint density at radius 2 is 1.77 bits per heavy atom. The molecule has 2 saturated heterocycles. The third-order valence-corrected chi connectivity index (χ3v) is 5.27. The first-order chi connectivity index (χ1) is 10.7. The van der Waals surface area contributed by atoms with E-state index in [1.165, 1.54) is 0 Å². The molecule has 22 heavy (non-hydrogen) atoms. The van der Waals surface area contributed by atoms with Gasteiger partial charge in [0.05, 0.1) is 0 Å². The van der Waals surface area contributed by atoms with Crippen LogP contribution in [0, 0.1) is 24.7 Å². The highest BCUT2D eigenvalue weighted by Crippen LogP contribution is 2.34. The summed E-state index contributed by atoms with van der Waals surface area (Å²) >= 11 is 0. The van der Waals surface area contributed by atoms with Gasteiger partial charge in [-0.05, 0) is 19.8 Å². The van der Waals surface area contributed by atoms with Gasteiger partial charge in [-0.3, -0.25) is 4.79 Å². The van der Waals surface area contributed by atoms with Gasteiger partial charge in [-0.2, -0.15) is 0 Å². The summed E-state index contributed by atoms with van der Waals surface area (Å²) in [5.74, 6) is 2.78. The third-order valence-electron chi connectivity index (χ3n) is 5.27. The van der Waals surface area contributed by atoms with E-state index < -0.39 is 0 Å². The number of carbonyl (C=O) groups is 1. The molecule has 2 aliphatic heterocycles. The number of nitrogens with zero attached hydrogens (tertiary/aromatic N) is 4. The molecule has 3 aliphatic rings. The quantitative estimate of drug-likeness (QED) is 0.779. The molecule has 2 fully saturated rings. The monoisotopic (exact) mass is 298 g/mol. The summed E-state index contributed by atoms with van der Waals surface area (Å²) in [6, 6.07) is 2.05. The molecular formula is C17H22N4O. The fourth-order valence-electron chi connectivity index (χ4n) is 4.05. The van der Waals surface area contributed by atoms with Gasteiger partial charge in [0.25, 0.3) is 0 Å². The third kappa shape index (κ3) is 2.38. The maximum Gasteiger partial charge on any atom is 0.226 e. The average Bonchev–Trinajstić information content (AvgIpc) is 3.22. The molecule has 5 nitrogen and oxygen atoms in total. The number of rotatable bonds is 2. The van der Waals surface area contributed by atoms with Crippen molar-refractivity contribution in [3.05, 3.63) is 30.2 Å². The highest BCUT2D eigenvalue weighted by molar-refractivity contribution is 5.80. The minimum Gasteiger partial charge on any atom is -0.356 e. The van der Waals surface area contributed by atoms with Crippen molar-refractivity contribution in [2.45, 2.75) is 19.8 Å². The molecule has 1 aliphatic carbocycles. The Balaban J connectivity index is 1.39. The van der Waals surface area contributed by atoms with E-state index in [0.29, 0.717) is 17.7 Å². The number of aromatic nitrogens is 2. The number of fused-ring (bicyclic) bond motifs is 1. The minimum atomic E-state index is 0.208. The molecule has 0 bridgehead atoms. The molecule has 0 aromatic carbocycles. The molecule has 1 amide bonds. The van der Waals surface area contributed by atoms with Crippen molar-refractivity contribution in [2.75, 3.05) is 31.1 Å². The number of aryl methyl sites for hydroxylation is 1. The number of amides is 1. The maximum absolute atomic E-state index is 12.5. The van der Waals surface area contributed by atoms with Gasteiger partial charge in [-0.1, -0.05) is 12.2 Å². The van der Waals surface area contributed by atoms with Gasteiger partial charge >= 0.3 is 0 Å². The average molecular weight is 298 g/mol. The smallest absolute Gasteiger partial charge is 0.226 e. The number of carbonyl (C=O) groups excluding carboxylic acids is 1. The van der Waals surface area contributed by atoms with Crippen molar-refractivity contribution in [3.63, 3.8) is 0 Å². The van der Waals surface area contributed by atoms with Crippen LogP contribution in [0.5, 0.6) is 0 Å². The number of hydrogen-bond donors (Lipinski definition) is 0. The van der Waals surface area contributed by atoms with Crippen molar-refractivity contribution in [3.8, 4) is 0 Å². The van der Waals surface area contributed by atoms with Crippen LogP contribution in [0.25, 0.3) is 0 Å². The van der Waals surface area contributed by atoms with Gasteiger partial charge in [0.1, 0.15) is 12.1 Å². The summed E-state index contributed by atoms with van der Waals surface area (Å²) in [4.78, 5) is 25.5. The van der Waals surface area contributed by atoms with Crippen molar-refractivity contribution in [1.82, 2.24) is 14.9 Å². The summed E-state index contributed by atoms with van der Waals surface area (Å²) < 4.78 is 0. The normalized spacial score (nSPS) is 27.7. The highest BCUT2D eigenvalue weighted by atomic mass is 16.2. The number of allylic oxidation sites excluding steroid dienone is 2. The molecular weight excluding hydrogens is 276 g/mol. The lowest BCUT2D eigenvalue weighted by Crippen LogP contribution is -2.36. The van der Waals surface area contributed by atoms with Crippen LogP contribution in [-0.2, 0) is 4.79 Å². The second-order valence-corrected chi connectivity index (χ2v) is 6.83. The maximum atomic E-state index is 12.5. The Hall–Kier alpha value is -1.91. The minimum absolute atomic E-state index is 0.208. The predicted molar refractivity (Wildman–Crippen MR) is 84.4 cm³/mol. The van der Waals surface area contributed by atoms with E-state index in [4.69, 9.17) is 0 Å². The lowest BCUT2D eigenvalue weighted by Gasteiger charge is -2.24. The second kappa shape index (κ2) is 5.38. The Morgan fingerprint density at radius 3 is 2.41 bits per heavy atom. The molecule has 2 unspecified atom stereocenters. The van der Waals surface area contributed by atoms with E-state index in [1.54, 1.807) is 6.33 Å². The predicted octanol–water partition coefficient (Wildman–Crippen LogP) is 1.65. The Bertz CT molecular complexity index is 592. The molecule has 0 radical (unpaired) electrons. The van der Waals surface area contributed by atoms with E-state index in [9.17, 15) is 4.79 Å². The fraction of sp³-hybridized carbons (Fsp3) is 0.588. The van der Waals surface area contributed by atoms with Gasteiger partial charge in [-0.15, -0.1) is 0 Å². The zero-order valence-electron chi connectivity index (χ0n) is 13.0. The Labute approximate surface area is 131 Å². The number of hydrogen-bond acceptors (Lipinski definition) is 4. The van der Waals surface area contributed by atoms with Crippen LogP contribution in [0.15, 0.2) is 24.5 Å². The van der Waals surface area contributed by atoms with Crippen LogP contribution in [0.3, 0.4) is 0 Å². The molecule has 4 rings (SSSR count). The summed E-state index contributed by atoms with van der Waals surface area (Å²) in [6.45, 7) is 5.85. The lowest BCUT2D eigenvalue weighted by atomic mass is 10.0. The molecule has 3 heterocycles. The summed E-state index contributed by atoms with van der Waals surface area (Å²) in [5, 5.41) is 0. The fourth-order valence-corrected chi connectivity index (χ4v) is 4.05. The summed E-state index contributed by atoms with van der Waals surface area (Å²) in [5.41, 5.74) is 1.01. The number of likely N-dealkylation sites (tertiary alicyclic amines) is 1. The molecule has 0 spiro atoms. The van der Waals surface area contributed by atoms with Crippen molar-refractivity contribution in [2.24, 2.45) is 17.8 Å². The zero-order chi connectivity index (χ0) is 15.1. The second-order valence-electron chi connectivity index (χ2n) is 6.83. The SMILES string of the molecule is Cc1cc(N2CC3CN(C(=O)C4CC=CC4)CC3C2)ncn1. The topological polar surface area (TPSA) is 49.3 Å². The van der Waals surface area contributed by atoms with Gasteiger partial charge in [-0.25, -0.2) is 9.97 Å². The molecule has 5 heteroatoms. The number of anilines is 1. The van der Waals surface area contributed by atoms with Crippen LogP contribution in [0.4, 0.5) is 5.82 Å². The van der Waals surface area contributed by atoms with Gasteiger partial charge < -0.3 is 9.80 Å². The Morgan fingerprint density at radius 1 is 1.09 bits per heavy atom. The van der Waals surface area contributed by atoms with Crippen LogP contribution < -0.4 is 4.90 Å². The van der Waals surface area contributed by atoms with Gasteiger partial charge in [0.2, 0.25) is 5.91 Å². The molecule has 0 saturated carbocycles. The molecule has 2 atom stereocenters. The standard InChI is InChI=1S/C17H22N4O/c1-12-6-16(19-11-18-12)20-7-14-9-21(10-15(14)8-20)17(22)13-4-2-3-5-13/h2-3,6,11,13-15H,4-5,7-10H2,1H3. The molecule has 1 aromatic rings. The van der Waals surface area contributed by atoms with Crippen molar-refractivity contribution in [1.29, 1.82) is 0 Å². The van der Waals surface area contributed by atoms with E-state index in [-0.39, 0.29) is 5.92 Å². The van der Waals surface area contributed by atoms with Gasteiger partial charge in [0, 0.05) is 55.7 Å². The highest BCUT2D eigenvalue weighted by Gasteiger charge is 2.43. The lowest BCUT2D eigenvalue weighted by molar-refractivity contribution is -0.134. The molecule has 1 aromatic heterocycles. The van der Waals surface area contributed by atoms with Crippen molar-refractivity contribution < 1.29 is 4.79 Å². The van der Waals surface area contributed by atoms with E-state index in [0.717, 1.165) is 50.5 Å². The van der Waals surface area contributed by atoms with Crippen molar-refractivity contribution >= 4 is 11.7 Å². The van der Waals surface area contributed by atoms with E-state index >= 15 is 0 Å². The van der Waals surface area contributed by atoms with E-state index in [2.05, 4.69) is 31.9 Å².